The Labute approximate surface area is 207 Å². The van der Waals surface area contributed by atoms with E-state index in [9.17, 15) is 19.1 Å². The molecule has 2 atom stereocenters. The molecule has 4 aromatic rings. The second-order valence-electron chi connectivity index (χ2n) is 8.83. The van der Waals surface area contributed by atoms with Crippen LogP contribution < -0.4 is 14.8 Å². The number of carbonyl (C=O) groups is 2. The van der Waals surface area contributed by atoms with E-state index in [1.807, 2.05) is 26.0 Å². The minimum absolute atomic E-state index is 0.111. The van der Waals surface area contributed by atoms with Gasteiger partial charge in [-0.05, 0) is 67.9 Å². The van der Waals surface area contributed by atoms with Gasteiger partial charge in [0.1, 0.15) is 23.9 Å². The summed E-state index contributed by atoms with van der Waals surface area (Å²) in [5, 5.41) is 13.1. The summed E-state index contributed by atoms with van der Waals surface area (Å²) in [4.78, 5) is 24.5. The van der Waals surface area contributed by atoms with Gasteiger partial charge in [0, 0.05) is 28.2 Å². The molecule has 0 saturated carbocycles. The zero-order valence-corrected chi connectivity index (χ0v) is 19.8. The van der Waals surface area contributed by atoms with Crippen LogP contribution in [0, 0.1) is 12.7 Å². The molecular formula is C28H25FN2O5. The predicted octanol–water partition coefficient (Wildman–Crippen LogP) is 4.85. The van der Waals surface area contributed by atoms with Gasteiger partial charge in [-0.2, -0.15) is 0 Å². The summed E-state index contributed by atoms with van der Waals surface area (Å²) < 4.78 is 27.4. The van der Waals surface area contributed by atoms with Crippen molar-refractivity contribution in [3.8, 4) is 11.5 Å². The van der Waals surface area contributed by atoms with E-state index >= 15 is 0 Å². The molecule has 0 aliphatic carbocycles. The third kappa shape index (κ3) is 4.43. The molecular weight excluding hydrogens is 463 g/mol. The number of ether oxygens (including phenoxy) is 2. The van der Waals surface area contributed by atoms with Crippen LogP contribution in [0.5, 0.6) is 11.5 Å². The van der Waals surface area contributed by atoms with Gasteiger partial charge in [0.15, 0.2) is 6.23 Å². The Hall–Kier alpha value is -4.17. The van der Waals surface area contributed by atoms with Crippen molar-refractivity contribution in [3.05, 3.63) is 94.9 Å². The summed E-state index contributed by atoms with van der Waals surface area (Å²) in [7, 11) is 0. The first kappa shape index (κ1) is 23.6. The van der Waals surface area contributed by atoms with Gasteiger partial charge in [-0.3, -0.25) is 19.5 Å². The smallest absolute Gasteiger partial charge is 0.307 e. The monoisotopic (exact) mass is 488 g/mol. The van der Waals surface area contributed by atoms with Crippen molar-refractivity contribution in [2.45, 2.75) is 32.5 Å². The summed E-state index contributed by atoms with van der Waals surface area (Å²) in [5.74, 6) is -0.388. The fourth-order valence-electron chi connectivity index (χ4n) is 4.68. The highest BCUT2D eigenvalue weighted by Crippen LogP contribution is 2.32. The second-order valence-corrected chi connectivity index (χ2v) is 8.83. The molecule has 0 fully saturated rings. The largest absolute Gasteiger partial charge is 0.488 e. The fourth-order valence-corrected chi connectivity index (χ4v) is 4.68. The van der Waals surface area contributed by atoms with E-state index < -0.39 is 12.2 Å². The number of nitrogens with zero attached hydrogens (tertiary/aromatic N) is 1. The van der Waals surface area contributed by atoms with Gasteiger partial charge in [0.05, 0.1) is 11.9 Å². The second kappa shape index (κ2) is 9.47. The normalized spacial score (nSPS) is 16.9. The Morgan fingerprint density at radius 2 is 1.86 bits per heavy atom. The molecule has 0 radical (unpaired) electrons. The number of benzene rings is 3. The van der Waals surface area contributed by atoms with Crippen LogP contribution in [0.2, 0.25) is 0 Å². The number of aliphatic carboxylic acids is 1. The molecule has 7 nitrogen and oxygen atoms in total. The Kier molecular flexibility index (Phi) is 6.20. The number of carboxylic acids is 1. The number of carbonyl (C=O) groups excluding carboxylic acids is 1. The fraction of sp³-hybridized carbons (Fsp3) is 0.214. The number of carboxylic acid groups (broad SMARTS) is 1. The van der Waals surface area contributed by atoms with Crippen LogP contribution in [0.3, 0.4) is 0 Å². The van der Waals surface area contributed by atoms with Gasteiger partial charge >= 0.3 is 5.97 Å². The average Bonchev–Trinajstić information content (AvgIpc) is 3.19. The van der Waals surface area contributed by atoms with E-state index in [1.165, 1.54) is 6.07 Å². The first-order chi connectivity index (χ1) is 17.3. The van der Waals surface area contributed by atoms with Crippen LogP contribution in [0.1, 0.15) is 40.1 Å². The maximum atomic E-state index is 14.1. The Bertz CT molecular complexity index is 1460. The van der Waals surface area contributed by atoms with Crippen molar-refractivity contribution in [2.75, 3.05) is 6.61 Å². The number of hydrogen-bond acceptors (Lipinski definition) is 5. The molecule has 1 aromatic heterocycles. The van der Waals surface area contributed by atoms with Crippen LogP contribution in [0.15, 0.2) is 66.7 Å². The third-order valence-corrected chi connectivity index (χ3v) is 6.32. The zero-order chi connectivity index (χ0) is 25.4. The molecule has 2 unspecified atom stereocenters. The molecule has 8 heteroatoms. The molecule has 0 bridgehead atoms. The van der Waals surface area contributed by atoms with E-state index in [2.05, 4.69) is 5.32 Å². The average molecular weight is 489 g/mol. The maximum Gasteiger partial charge on any atom is 0.307 e. The number of aryl methyl sites for hydroxylation is 1. The number of rotatable bonds is 6. The molecule has 5 rings (SSSR count). The highest BCUT2D eigenvalue weighted by atomic mass is 19.1. The van der Waals surface area contributed by atoms with Crippen molar-refractivity contribution in [2.24, 2.45) is 0 Å². The van der Waals surface area contributed by atoms with Gasteiger partial charge in [-0.25, -0.2) is 4.39 Å². The summed E-state index contributed by atoms with van der Waals surface area (Å²) in [6.07, 6.45) is -0.565. The summed E-state index contributed by atoms with van der Waals surface area (Å²) in [6.45, 7) is 3.89. The highest BCUT2D eigenvalue weighted by Gasteiger charge is 2.27. The van der Waals surface area contributed by atoms with Crippen molar-refractivity contribution in [1.29, 1.82) is 0 Å². The minimum atomic E-state index is -0.922. The van der Waals surface area contributed by atoms with Crippen molar-refractivity contribution in [3.63, 3.8) is 0 Å². The van der Waals surface area contributed by atoms with Gasteiger partial charge < -0.3 is 14.6 Å². The Balaban J connectivity index is 1.29. The van der Waals surface area contributed by atoms with Gasteiger partial charge in [0.2, 0.25) is 0 Å². The van der Waals surface area contributed by atoms with Crippen molar-refractivity contribution < 1.29 is 28.6 Å². The Morgan fingerprint density at radius 1 is 1.11 bits per heavy atom. The van der Waals surface area contributed by atoms with Gasteiger partial charge in [-0.15, -0.1) is 0 Å². The van der Waals surface area contributed by atoms with Crippen LogP contribution in [0.25, 0.3) is 10.9 Å². The summed E-state index contributed by atoms with van der Waals surface area (Å²) in [6, 6.07) is 18.5. The lowest BCUT2D eigenvalue weighted by Crippen LogP contribution is -2.44. The van der Waals surface area contributed by atoms with Crippen LogP contribution >= 0.6 is 0 Å². The molecule has 2 heterocycles. The van der Waals surface area contributed by atoms with Crippen LogP contribution in [-0.2, 0) is 11.2 Å². The standard InChI is InChI=1S/C28H25FN2O5/c1-16-13-21-19(14-26(32)33)5-3-7-23(21)31(16)28(34)18-9-11-20(12-10-18)35-15-25-30-17(2)27-22(29)6-4-8-24(27)36-25/h3-13,17,25,30H,14-15H2,1-2H3,(H,32,33). The van der Waals surface area contributed by atoms with Crippen molar-refractivity contribution >= 4 is 22.8 Å². The molecule has 0 saturated heterocycles. The molecule has 2 N–H and O–H groups in total. The van der Waals surface area contributed by atoms with Gasteiger partial charge in [0.25, 0.3) is 5.91 Å². The lowest BCUT2D eigenvalue weighted by molar-refractivity contribution is -0.136. The SMILES string of the molecule is Cc1cc2c(CC(=O)O)cccc2n1C(=O)c1ccc(OCC2NC(C)c3c(F)cccc3O2)cc1. The number of fused-ring (bicyclic) bond motifs is 2. The summed E-state index contributed by atoms with van der Waals surface area (Å²) in [5.41, 5.74) is 3.02. The van der Waals surface area contributed by atoms with E-state index in [-0.39, 0.29) is 30.8 Å². The van der Waals surface area contributed by atoms with E-state index in [4.69, 9.17) is 9.47 Å². The minimum Gasteiger partial charge on any atom is -0.488 e. The van der Waals surface area contributed by atoms with E-state index in [1.54, 1.807) is 53.1 Å². The van der Waals surface area contributed by atoms with Crippen molar-refractivity contribution in [1.82, 2.24) is 9.88 Å². The molecule has 0 spiro atoms. The number of halogens is 1. The topological polar surface area (TPSA) is 89.8 Å². The molecule has 3 aromatic carbocycles. The molecule has 1 aliphatic heterocycles. The summed E-state index contributed by atoms with van der Waals surface area (Å²) >= 11 is 0. The van der Waals surface area contributed by atoms with Crippen LogP contribution in [-0.4, -0.2) is 34.4 Å². The number of nitrogens with one attached hydrogen (secondary N) is 1. The van der Waals surface area contributed by atoms with E-state index in [0.717, 1.165) is 11.1 Å². The molecule has 0 amide bonds. The maximum absolute atomic E-state index is 14.1. The number of hydrogen-bond donors (Lipinski definition) is 2. The highest BCUT2D eigenvalue weighted by molar-refractivity contribution is 6.04. The first-order valence-corrected chi connectivity index (χ1v) is 11.6. The molecule has 36 heavy (non-hydrogen) atoms. The van der Waals surface area contributed by atoms with Gasteiger partial charge in [-0.1, -0.05) is 18.2 Å². The Morgan fingerprint density at radius 3 is 2.61 bits per heavy atom. The van der Waals surface area contributed by atoms with E-state index in [0.29, 0.717) is 33.7 Å². The molecule has 184 valence electrons. The lowest BCUT2D eigenvalue weighted by Gasteiger charge is -2.31. The van der Waals surface area contributed by atoms with Crippen LogP contribution in [0.4, 0.5) is 4.39 Å². The third-order valence-electron chi connectivity index (χ3n) is 6.32. The quantitative estimate of drug-likeness (QED) is 0.403. The zero-order valence-electron chi connectivity index (χ0n) is 19.8. The predicted molar refractivity (Wildman–Crippen MR) is 132 cm³/mol. The first-order valence-electron chi connectivity index (χ1n) is 11.6. The number of aromatic nitrogens is 1. The lowest BCUT2D eigenvalue weighted by atomic mass is 10.0. The molecule has 1 aliphatic rings.